The molecule has 0 aliphatic rings. The summed E-state index contributed by atoms with van der Waals surface area (Å²) in [5.41, 5.74) is 2.98. The van der Waals surface area contributed by atoms with Gasteiger partial charge in [-0.3, -0.25) is 0 Å². The highest BCUT2D eigenvalue weighted by atomic mass is 79.9. The molecule has 2 nitrogen and oxygen atoms in total. The lowest BCUT2D eigenvalue weighted by molar-refractivity contribution is 0.410. The predicted octanol–water partition coefficient (Wildman–Crippen LogP) is 5.25. The van der Waals surface area contributed by atoms with Crippen molar-refractivity contribution in [3.63, 3.8) is 0 Å². The van der Waals surface area contributed by atoms with Crippen molar-refractivity contribution in [1.29, 1.82) is 0 Å². The van der Waals surface area contributed by atoms with E-state index in [4.69, 9.17) is 16.3 Å². The van der Waals surface area contributed by atoms with Crippen LogP contribution in [-0.4, -0.2) is 12.1 Å². The van der Waals surface area contributed by atoms with Gasteiger partial charge in [-0.05, 0) is 41.5 Å². The zero-order chi connectivity index (χ0) is 14.8. The zero-order valence-electron chi connectivity index (χ0n) is 11.4. The highest BCUT2D eigenvalue weighted by molar-refractivity contribution is 9.10. The van der Waals surface area contributed by atoms with Crippen LogP contribution in [0.15, 0.2) is 53.0 Å². The minimum atomic E-state index is 0.538. The summed E-state index contributed by atoms with van der Waals surface area (Å²) in [5.74, 6) is 0.864. The largest absolute Gasteiger partial charge is 0.496 e. The standard InChI is InChI=1S/C17H13BrClNO/c1-21-16-5-3-2-4-11(16)8-13-9-12-10-14(18)6-7-15(12)20-17(13)19/h2-7,9-10H,8H2,1H3. The first-order valence-electron chi connectivity index (χ1n) is 6.54. The van der Waals surface area contributed by atoms with Gasteiger partial charge in [0.2, 0.25) is 0 Å². The Hall–Kier alpha value is -1.58. The molecule has 0 aliphatic carbocycles. The average Bonchev–Trinajstić information content (AvgIpc) is 2.49. The summed E-state index contributed by atoms with van der Waals surface area (Å²) >= 11 is 9.81. The number of halogens is 2. The van der Waals surface area contributed by atoms with Crippen LogP contribution >= 0.6 is 27.5 Å². The lowest BCUT2D eigenvalue weighted by Gasteiger charge is -2.10. The number of nitrogens with zero attached hydrogens (tertiary/aromatic N) is 1. The van der Waals surface area contributed by atoms with E-state index in [0.717, 1.165) is 32.3 Å². The third-order valence-electron chi connectivity index (χ3n) is 3.38. The molecule has 1 heterocycles. The molecule has 2 aromatic carbocycles. The lowest BCUT2D eigenvalue weighted by Crippen LogP contribution is -1.96. The van der Waals surface area contributed by atoms with Gasteiger partial charge in [-0.1, -0.05) is 45.7 Å². The van der Waals surface area contributed by atoms with Gasteiger partial charge < -0.3 is 4.74 Å². The number of methoxy groups -OCH3 is 1. The number of ether oxygens (including phenoxy) is 1. The Kier molecular flexibility index (Phi) is 4.13. The summed E-state index contributed by atoms with van der Waals surface area (Å²) in [5, 5.41) is 1.61. The van der Waals surface area contributed by atoms with Gasteiger partial charge in [-0.2, -0.15) is 0 Å². The van der Waals surface area contributed by atoms with E-state index in [9.17, 15) is 0 Å². The first-order chi connectivity index (χ1) is 10.2. The first kappa shape index (κ1) is 14.4. The fourth-order valence-electron chi connectivity index (χ4n) is 2.35. The molecule has 21 heavy (non-hydrogen) atoms. The van der Waals surface area contributed by atoms with E-state index < -0.39 is 0 Å². The topological polar surface area (TPSA) is 22.1 Å². The van der Waals surface area contributed by atoms with Crippen LogP contribution < -0.4 is 4.74 Å². The number of pyridine rings is 1. The van der Waals surface area contributed by atoms with Crippen molar-refractivity contribution < 1.29 is 4.74 Å². The maximum absolute atomic E-state index is 6.32. The summed E-state index contributed by atoms with van der Waals surface area (Å²) in [6, 6.07) is 16.0. The van der Waals surface area contributed by atoms with E-state index in [1.165, 1.54) is 0 Å². The van der Waals surface area contributed by atoms with Crippen LogP contribution in [-0.2, 0) is 6.42 Å². The smallest absolute Gasteiger partial charge is 0.133 e. The molecule has 0 atom stereocenters. The third kappa shape index (κ3) is 3.04. The van der Waals surface area contributed by atoms with Crippen LogP contribution in [0.5, 0.6) is 5.75 Å². The van der Waals surface area contributed by atoms with Crippen molar-refractivity contribution in [3.8, 4) is 5.75 Å². The molecule has 0 fully saturated rings. The van der Waals surface area contributed by atoms with E-state index in [1.807, 2.05) is 42.5 Å². The number of para-hydroxylation sites is 1. The molecule has 0 spiro atoms. The second-order valence-corrected chi connectivity index (χ2v) is 6.04. The van der Waals surface area contributed by atoms with Crippen molar-refractivity contribution in [2.24, 2.45) is 0 Å². The lowest BCUT2D eigenvalue weighted by atomic mass is 10.0. The molecule has 4 heteroatoms. The van der Waals surface area contributed by atoms with Gasteiger partial charge in [0.25, 0.3) is 0 Å². The number of hydrogen-bond donors (Lipinski definition) is 0. The van der Waals surface area contributed by atoms with E-state index >= 15 is 0 Å². The van der Waals surface area contributed by atoms with Gasteiger partial charge in [-0.15, -0.1) is 0 Å². The fourth-order valence-corrected chi connectivity index (χ4v) is 2.94. The third-order valence-corrected chi connectivity index (χ3v) is 4.20. The molecule has 0 saturated carbocycles. The summed E-state index contributed by atoms with van der Waals surface area (Å²) < 4.78 is 6.42. The molecule has 0 unspecified atom stereocenters. The van der Waals surface area contributed by atoms with Crippen molar-refractivity contribution >= 4 is 38.4 Å². The quantitative estimate of drug-likeness (QED) is 0.594. The Morgan fingerprint density at radius 3 is 2.71 bits per heavy atom. The second kappa shape index (κ2) is 6.04. The molecule has 0 N–H and O–H groups in total. The first-order valence-corrected chi connectivity index (χ1v) is 7.71. The Morgan fingerprint density at radius 1 is 1.10 bits per heavy atom. The molecule has 0 saturated heterocycles. The summed E-state index contributed by atoms with van der Waals surface area (Å²) in [6.45, 7) is 0. The molecular weight excluding hydrogens is 350 g/mol. The maximum atomic E-state index is 6.32. The molecule has 106 valence electrons. The highest BCUT2D eigenvalue weighted by Crippen LogP contribution is 2.28. The van der Waals surface area contributed by atoms with Gasteiger partial charge in [0.05, 0.1) is 12.6 Å². The summed E-state index contributed by atoms with van der Waals surface area (Å²) in [6.07, 6.45) is 0.693. The monoisotopic (exact) mass is 361 g/mol. The summed E-state index contributed by atoms with van der Waals surface area (Å²) in [7, 11) is 1.68. The molecular formula is C17H13BrClNO. The van der Waals surface area contributed by atoms with Crippen LogP contribution in [0.25, 0.3) is 10.9 Å². The molecule has 3 rings (SSSR count). The highest BCUT2D eigenvalue weighted by Gasteiger charge is 2.09. The van der Waals surface area contributed by atoms with Gasteiger partial charge in [0, 0.05) is 16.3 Å². The molecule has 3 aromatic rings. The molecule has 0 aliphatic heterocycles. The van der Waals surface area contributed by atoms with Crippen molar-refractivity contribution in [1.82, 2.24) is 4.98 Å². The van der Waals surface area contributed by atoms with Crippen LogP contribution in [0, 0.1) is 0 Å². The molecule has 1 aromatic heterocycles. The maximum Gasteiger partial charge on any atom is 0.133 e. The Bertz CT molecular complexity index is 804. The zero-order valence-corrected chi connectivity index (χ0v) is 13.8. The van der Waals surface area contributed by atoms with Crippen LogP contribution in [0.4, 0.5) is 0 Å². The predicted molar refractivity (Wildman–Crippen MR) is 90.3 cm³/mol. The van der Waals surface area contributed by atoms with E-state index in [0.29, 0.717) is 11.6 Å². The van der Waals surface area contributed by atoms with Crippen molar-refractivity contribution in [3.05, 3.63) is 69.3 Å². The summed E-state index contributed by atoms with van der Waals surface area (Å²) in [4.78, 5) is 4.47. The van der Waals surface area contributed by atoms with Gasteiger partial charge in [0.15, 0.2) is 0 Å². The van der Waals surface area contributed by atoms with Gasteiger partial charge >= 0.3 is 0 Å². The molecule has 0 amide bonds. The number of fused-ring (bicyclic) bond motifs is 1. The van der Waals surface area contributed by atoms with E-state index in [2.05, 4.69) is 27.0 Å². The number of hydrogen-bond acceptors (Lipinski definition) is 2. The van der Waals surface area contributed by atoms with Crippen LogP contribution in [0.1, 0.15) is 11.1 Å². The SMILES string of the molecule is COc1ccccc1Cc1cc2cc(Br)ccc2nc1Cl. The average molecular weight is 363 g/mol. The number of benzene rings is 2. The number of rotatable bonds is 3. The van der Waals surface area contributed by atoms with E-state index in [-0.39, 0.29) is 0 Å². The second-order valence-electron chi connectivity index (χ2n) is 4.76. The van der Waals surface area contributed by atoms with Crippen molar-refractivity contribution in [2.75, 3.05) is 7.11 Å². The van der Waals surface area contributed by atoms with Crippen molar-refractivity contribution in [2.45, 2.75) is 6.42 Å². The molecule has 0 radical (unpaired) electrons. The van der Waals surface area contributed by atoms with Gasteiger partial charge in [-0.25, -0.2) is 4.98 Å². The Labute approximate surface area is 136 Å². The minimum absolute atomic E-state index is 0.538. The Balaban J connectivity index is 2.05. The molecule has 0 bridgehead atoms. The van der Waals surface area contributed by atoms with Crippen LogP contribution in [0.3, 0.4) is 0 Å². The Morgan fingerprint density at radius 2 is 1.90 bits per heavy atom. The normalized spacial score (nSPS) is 10.8. The van der Waals surface area contributed by atoms with E-state index in [1.54, 1.807) is 7.11 Å². The minimum Gasteiger partial charge on any atom is -0.496 e. The van der Waals surface area contributed by atoms with Crippen LogP contribution in [0.2, 0.25) is 5.15 Å². The number of aromatic nitrogens is 1. The fraction of sp³-hybridized carbons (Fsp3) is 0.118. The van der Waals surface area contributed by atoms with Gasteiger partial charge in [0.1, 0.15) is 10.9 Å².